The molecule has 3 N–H and O–H groups in total. The summed E-state index contributed by atoms with van der Waals surface area (Å²) < 4.78 is 13.7. The number of halogens is 1. The zero-order chi connectivity index (χ0) is 13.5. The molecule has 1 unspecified atom stereocenters. The maximum absolute atomic E-state index is 13.7. The van der Waals surface area contributed by atoms with E-state index in [0.29, 0.717) is 16.9 Å². The van der Waals surface area contributed by atoms with Crippen molar-refractivity contribution in [2.24, 2.45) is 5.73 Å². The summed E-state index contributed by atoms with van der Waals surface area (Å²) >= 11 is 0. The highest BCUT2D eigenvalue weighted by atomic mass is 19.1. The quantitative estimate of drug-likeness (QED) is 0.739. The molecule has 0 spiro atoms. The lowest BCUT2D eigenvalue weighted by molar-refractivity contribution is 0.566. The first kappa shape index (κ1) is 11.9. The van der Waals surface area contributed by atoms with Crippen LogP contribution >= 0.6 is 0 Å². The molecule has 3 nitrogen and oxygen atoms in total. The first-order valence-corrected chi connectivity index (χ1v) is 6.08. The summed E-state index contributed by atoms with van der Waals surface area (Å²) in [7, 11) is 0. The number of rotatable bonds is 2. The van der Waals surface area contributed by atoms with Gasteiger partial charge in [-0.05, 0) is 24.6 Å². The van der Waals surface area contributed by atoms with Crippen molar-refractivity contribution < 1.29 is 4.39 Å². The Hall–Kier alpha value is -2.20. The van der Waals surface area contributed by atoms with Crippen molar-refractivity contribution in [3.8, 4) is 0 Å². The van der Waals surface area contributed by atoms with E-state index < -0.39 is 5.54 Å². The number of hydrogen-bond acceptors (Lipinski definition) is 2. The lowest BCUT2D eigenvalue weighted by atomic mass is 9.92. The fraction of sp³-hybridized carbons (Fsp3) is 0.133. The molecular weight excluding hydrogens is 241 g/mol. The van der Waals surface area contributed by atoms with Gasteiger partial charge in [0.05, 0.1) is 11.1 Å². The lowest BCUT2D eigenvalue weighted by Gasteiger charge is -2.22. The zero-order valence-corrected chi connectivity index (χ0v) is 10.5. The first-order chi connectivity index (χ1) is 9.09. The fourth-order valence-corrected chi connectivity index (χ4v) is 2.16. The van der Waals surface area contributed by atoms with E-state index in [4.69, 9.17) is 5.73 Å². The Balaban J connectivity index is 2.16. The molecule has 3 aromatic rings. The molecule has 0 aliphatic heterocycles. The number of nitrogens with zero attached hydrogens (tertiary/aromatic N) is 1. The largest absolute Gasteiger partial charge is 0.340 e. The summed E-state index contributed by atoms with van der Waals surface area (Å²) in [6.45, 7) is 1.86. The summed E-state index contributed by atoms with van der Waals surface area (Å²) in [5, 5.41) is 0. The van der Waals surface area contributed by atoms with Gasteiger partial charge >= 0.3 is 0 Å². The number of nitrogens with one attached hydrogen (secondary N) is 1. The molecule has 0 aliphatic carbocycles. The molecule has 4 heteroatoms. The van der Waals surface area contributed by atoms with E-state index in [-0.39, 0.29) is 5.82 Å². The van der Waals surface area contributed by atoms with Gasteiger partial charge in [-0.25, -0.2) is 9.37 Å². The average molecular weight is 255 g/mol. The predicted octanol–water partition coefficient (Wildman–Crippen LogP) is 2.92. The smallest absolute Gasteiger partial charge is 0.151 e. The Morgan fingerprint density at radius 2 is 1.84 bits per heavy atom. The van der Waals surface area contributed by atoms with Crippen LogP contribution in [0.25, 0.3) is 11.0 Å². The maximum atomic E-state index is 13.7. The Morgan fingerprint density at radius 1 is 1.11 bits per heavy atom. The Kier molecular flexibility index (Phi) is 2.61. The molecule has 0 bridgehead atoms. The van der Waals surface area contributed by atoms with Gasteiger partial charge in [-0.15, -0.1) is 0 Å². The molecule has 0 amide bonds. The van der Waals surface area contributed by atoms with Gasteiger partial charge in [0.25, 0.3) is 0 Å². The van der Waals surface area contributed by atoms with Crippen LogP contribution in [0, 0.1) is 5.82 Å². The number of H-pyrrole nitrogens is 1. The van der Waals surface area contributed by atoms with Gasteiger partial charge in [-0.2, -0.15) is 0 Å². The van der Waals surface area contributed by atoms with Crippen LogP contribution in [0.5, 0.6) is 0 Å². The highest BCUT2D eigenvalue weighted by molar-refractivity contribution is 5.76. The van der Waals surface area contributed by atoms with Gasteiger partial charge in [0.2, 0.25) is 0 Å². The Labute approximate surface area is 110 Å². The minimum Gasteiger partial charge on any atom is -0.340 e. The highest BCUT2D eigenvalue weighted by Gasteiger charge is 2.27. The van der Waals surface area contributed by atoms with Crippen LogP contribution < -0.4 is 5.73 Å². The Morgan fingerprint density at radius 3 is 2.53 bits per heavy atom. The second-order valence-electron chi connectivity index (χ2n) is 4.79. The van der Waals surface area contributed by atoms with Crippen LogP contribution in [-0.2, 0) is 5.54 Å². The van der Waals surface area contributed by atoms with Crippen LogP contribution in [-0.4, -0.2) is 9.97 Å². The van der Waals surface area contributed by atoms with E-state index in [9.17, 15) is 4.39 Å². The van der Waals surface area contributed by atoms with E-state index in [2.05, 4.69) is 9.97 Å². The molecule has 0 radical (unpaired) electrons. The van der Waals surface area contributed by atoms with Crippen LogP contribution in [0.15, 0.2) is 48.5 Å². The lowest BCUT2D eigenvalue weighted by Crippen LogP contribution is -2.35. The van der Waals surface area contributed by atoms with Gasteiger partial charge < -0.3 is 10.7 Å². The molecule has 2 aromatic carbocycles. The van der Waals surface area contributed by atoms with Crippen molar-refractivity contribution in [2.45, 2.75) is 12.5 Å². The molecule has 0 saturated heterocycles. The van der Waals surface area contributed by atoms with Gasteiger partial charge in [-0.1, -0.05) is 36.4 Å². The summed E-state index contributed by atoms with van der Waals surface area (Å²) in [5.74, 6) is 0.211. The molecule has 1 atom stereocenters. The topological polar surface area (TPSA) is 54.7 Å². The SMILES string of the molecule is CC(N)(c1ccccc1)c1nc2c(F)cccc2[nH]1. The number of imidazole rings is 1. The van der Waals surface area contributed by atoms with Gasteiger partial charge in [-0.3, -0.25) is 0 Å². The number of aromatic amines is 1. The van der Waals surface area contributed by atoms with E-state index in [1.807, 2.05) is 37.3 Å². The summed E-state index contributed by atoms with van der Waals surface area (Å²) in [6, 6.07) is 14.5. The van der Waals surface area contributed by atoms with Crippen molar-refractivity contribution in [3.63, 3.8) is 0 Å². The van der Waals surface area contributed by atoms with E-state index in [1.54, 1.807) is 12.1 Å². The molecule has 3 rings (SSSR count). The number of fused-ring (bicyclic) bond motifs is 1. The highest BCUT2D eigenvalue weighted by Crippen LogP contribution is 2.26. The number of para-hydroxylation sites is 1. The van der Waals surface area contributed by atoms with Gasteiger partial charge in [0.1, 0.15) is 11.3 Å². The molecular formula is C15H14FN3. The van der Waals surface area contributed by atoms with Crippen molar-refractivity contribution in [1.82, 2.24) is 9.97 Å². The Bertz CT molecular complexity index is 717. The third-order valence-electron chi connectivity index (χ3n) is 3.33. The van der Waals surface area contributed by atoms with Crippen molar-refractivity contribution in [3.05, 3.63) is 65.7 Å². The van der Waals surface area contributed by atoms with Gasteiger partial charge in [0.15, 0.2) is 5.82 Å². The fourth-order valence-electron chi connectivity index (χ4n) is 2.16. The van der Waals surface area contributed by atoms with Crippen LogP contribution in [0.2, 0.25) is 0 Å². The van der Waals surface area contributed by atoms with Crippen molar-refractivity contribution >= 4 is 11.0 Å². The van der Waals surface area contributed by atoms with Crippen molar-refractivity contribution in [2.75, 3.05) is 0 Å². The number of aromatic nitrogens is 2. The molecule has 96 valence electrons. The van der Waals surface area contributed by atoms with E-state index in [1.165, 1.54) is 6.07 Å². The van der Waals surface area contributed by atoms with Gasteiger partial charge in [0, 0.05) is 0 Å². The normalized spacial score (nSPS) is 14.5. The molecule has 0 aliphatic rings. The van der Waals surface area contributed by atoms with Crippen LogP contribution in [0.1, 0.15) is 18.3 Å². The second-order valence-corrected chi connectivity index (χ2v) is 4.79. The first-order valence-electron chi connectivity index (χ1n) is 6.08. The van der Waals surface area contributed by atoms with Crippen LogP contribution in [0.4, 0.5) is 4.39 Å². The maximum Gasteiger partial charge on any atom is 0.151 e. The third kappa shape index (κ3) is 1.90. The molecule has 0 fully saturated rings. The van der Waals surface area contributed by atoms with E-state index in [0.717, 1.165) is 5.56 Å². The molecule has 19 heavy (non-hydrogen) atoms. The second kappa shape index (κ2) is 4.17. The van der Waals surface area contributed by atoms with Crippen molar-refractivity contribution in [1.29, 1.82) is 0 Å². The third-order valence-corrected chi connectivity index (χ3v) is 3.33. The number of benzene rings is 2. The zero-order valence-electron chi connectivity index (χ0n) is 10.5. The number of nitrogens with two attached hydrogens (primary N) is 1. The molecule has 1 aromatic heterocycles. The minimum absolute atomic E-state index is 0.324. The number of hydrogen-bond donors (Lipinski definition) is 2. The average Bonchev–Trinajstić information content (AvgIpc) is 2.86. The summed E-state index contributed by atoms with van der Waals surface area (Å²) in [6.07, 6.45) is 0. The predicted molar refractivity (Wildman–Crippen MR) is 73.1 cm³/mol. The monoisotopic (exact) mass is 255 g/mol. The molecule has 1 heterocycles. The van der Waals surface area contributed by atoms with E-state index >= 15 is 0 Å². The molecule has 0 saturated carbocycles. The van der Waals surface area contributed by atoms with Crippen LogP contribution in [0.3, 0.4) is 0 Å². The summed E-state index contributed by atoms with van der Waals surface area (Å²) in [4.78, 5) is 7.40. The minimum atomic E-state index is -0.785. The summed E-state index contributed by atoms with van der Waals surface area (Å²) in [5.41, 5.74) is 7.48. The standard InChI is InChI=1S/C15H14FN3/c1-15(17,10-6-3-2-4-7-10)14-18-12-9-5-8-11(16)13(12)19-14/h2-9H,17H2,1H3,(H,18,19).